The highest BCUT2D eigenvalue weighted by Crippen LogP contribution is 2.23. The highest BCUT2D eigenvalue weighted by atomic mass is 79.9. The Morgan fingerprint density at radius 3 is 2.60 bits per heavy atom. The minimum absolute atomic E-state index is 0.149. The number of ether oxygens (including phenoxy) is 1. The largest absolute Gasteiger partial charge is 0.469 e. The molecule has 0 spiro atoms. The molecule has 1 rings (SSSR count). The average molecular weight is 367 g/mol. The van der Waals surface area contributed by atoms with Gasteiger partial charge in [-0.15, -0.1) is 0 Å². The van der Waals surface area contributed by atoms with Gasteiger partial charge in [-0.1, -0.05) is 6.92 Å². The molecule has 1 unspecified atom stereocenters. The van der Waals surface area contributed by atoms with Crippen molar-refractivity contribution in [3.05, 3.63) is 15.9 Å². The lowest BCUT2D eigenvalue weighted by molar-refractivity contribution is -0.144. The summed E-state index contributed by atoms with van der Waals surface area (Å²) in [5.74, 6) is -1.58. The second-order valence-corrected chi connectivity index (χ2v) is 7.54. The van der Waals surface area contributed by atoms with E-state index in [9.17, 15) is 13.2 Å². The van der Waals surface area contributed by atoms with Gasteiger partial charge in [0, 0.05) is 6.54 Å². The third-order valence-electron chi connectivity index (χ3n) is 2.92. The first-order valence-corrected chi connectivity index (χ1v) is 8.83. The molecule has 0 aliphatic heterocycles. The third kappa shape index (κ3) is 4.05. The van der Waals surface area contributed by atoms with E-state index in [2.05, 4.69) is 25.8 Å². The number of esters is 1. The molecule has 20 heavy (non-hydrogen) atoms. The van der Waals surface area contributed by atoms with Gasteiger partial charge in [0.2, 0.25) is 0 Å². The minimum atomic E-state index is -3.42. The summed E-state index contributed by atoms with van der Waals surface area (Å²) in [7, 11) is -2.17. The number of sulfone groups is 1. The van der Waals surface area contributed by atoms with Crippen molar-refractivity contribution < 1.29 is 17.9 Å². The summed E-state index contributed by atoms with van der Waals surface area (Å²) in [4.78, 5) is 11.3. The summed E-state index contributed by atoms with van der Waals surface area (Å²) in [6.45, 7) is 5.83. The van der Waals surface area contributed by atoms with Crippen LogP contribution in [0.4, 0.5) is 0 Å². The lowest BCUT2D eigenvalue weighted by Gasteiger charge is -2.11. The van der Waals surface area contributed by atoms with Gasteiger partial charge in [0.25, 0.3) is 0 Å². The molecule has 0 aliphatic carbocycles. The average Bonchev–Trinajstić information content (AvgIpc) is 2.64. The number of carbonyl (C=O) groups is 1. The van der Waals surface area contributed by atoms with Crippen LogP contribution in [-0.4, -0.2) is 37.0 Å². The van der Waals surface area contributed by atoms with Gasteiger partial charge in [-0.2, -0.15) is 5.10 Å². The second kappa shape index (κ2) is 6.71. The van der Waals surface area contributed by atoms with E-state index in [0.717, 1.165) is 5.69 Å². The van der Waals surface area contributed by atoms with Gasteiger partial charge in [-0.05, 0) is 29.8 Å². The molecule has 0 N–H and O–H groups in total. The Morgan fingerprint density at radius 1 is 1.50 bits per heavy atom. The Kier molecular flexibility index (Phi) is 5.76. The van der Waals surface area contributed by atoms with Crippen LogP contribution in [0, 0.1) is 12.8 Å². The Hall–Kier alpha value is -0.890. The molecule has 6 nitrogen and oxygen atoms in total. The molecule has 1 atom stereocenters. The fraction of sp³-hybridized carbons (Fsp3) is 0.667. The van der Waals surface area contributed by atoms with Crippen LogP contribution < -0.4 is 0 Å². The van der Waals surface area contributed by atoms with Crippen LogP contribution in [0.15, 0.2) is 4.47 Å². The Bertz CT molecular complexity index is 595. The van der Waals surface area contributed by atoms with E-state index in [-0.39, 0.29) is 11.5 Å². The Balaban J connectivity index is 2.94. The number of methoxy groups -OCH3 is 1. The van der Waals surface area contributed by atoms with Crippen molar-refractivity contribution >= 4 is 31.7 Å². The normalized spacial score (nSPS) is 13.2. The third-order valence-corrected chi connectivity index (χ3v) is 5.67. The number of halogens is 1. The summed E-state index contributed by atoms with van der Waals surface area (Å²) in [5.41, 5.74) is 1.36. The molecule has 0 radical (unpaired) electrons. The van der Waals surface area contributed by atoms with Crippen molar-refractivity contribution in [3.8, 4) is 0 Å². The van der Waals surface area contributed by atoms with Gasteiger partial charge in [-0.25, -0.2) is 8.42 Å². The van der Waals surface area contributed by atoms with Gasteiger partial charge in [0.1, 0.15) is 0 Å². The molecule has 114 valence electrons. The fourth-order valence-electron chi connectivity index (χ4n) is 1.92. The molecule has 1 heterocycles. The summed E-state index contributed by atoms with van der Waals surface area (Å²) < 4.78 is 31.3. The predicted octanol–water partition coefficient (Wildman–Crippen LogP) is 1.70. The van der Waals surface area contributed by atoms with Crippen molar-refractivity contribution in [1.29, 1.82) is 0 Å². The van der Waals surface area contributed by atoms with Crippen LogP contribution in [0.5, 0.6) is 0 Å². The van der Waals surface area contributed by atoms with E-state index in [1.807, 2.05) is 13.8 Å². The molecule has 0 fully saturated rings. The molecule has 8 heteroatoms. The van der Waals surface area contributed by atoms with Gasteiger partial charge in [-0.3, -0.25) is 9.48 Å². The zero-order valence-electron chi connectivity index (χ0n) is 12.0. The molecular weight excluding hydrogens is 348 g/mol. The molecule has 0 bridgehead atoms. The van der Waals surface area contributed by atoms with Crippen LogP contribution >= 0.6 is 15.9 Å². The van der Waals surface area contributed by atoms with Gasteiger partial charge in [0.05, 0.1) is 40.4 Å². The number of aromatic nitrogens is 2. The summed E-state index contributed by atoms with van der Waals surface area (Å²) in [6.07, 6.45) is 0. The number of aryl methyl sites for hydroxylation is 2. The highest BCUT2D eigenvalue weighted by molar-refractivity contribution is 9.10. The first-order chi connectivity index (χ1) is 9.21. The lowest BCUT2D eigenvalue weighted by Crippen LogP contribution is -2.24. The summed E-state index contributed by atoms with van der Waals surface area (Å²) in [6, 6.07) is 0. The van der Waals surface area contributed by atoms with Crippen LogP contribution in [0.1, 0.15) is 25.2 Å². The predicted molar refractivity (Wildman–Crippen MR) is 79.0 cm³/mol. The molecule has 0 saturated heterocycles. The van der Waals surface area contributed by atoms with Gasteiger partial charge < -0.3 is 4.74 Å². The van der Waals surface area contributed by atoms with Gasteiger partial charge >= 0.3 is 5.97 Å². The molecule has 0 amide bonds. The quantitative estimate of drug-likeness (QED) is 0.715. The molecular formula is C12H19BrN2O4S. The summed E-state index contributed by atoms with van der Waals surface area (Å²) >= 11 is 3.36. The van der Waals surface area contributed by atoms with E-state index in [0.29, 0.717) is 16.7 Å². The maximum Gasteiger partial charge on any atom is 0.309 e. The van der Waals surface area contributed by atoms with Crippen molar-refractivity contribution in [3.63, 3.8) is 0 Å². The van der Waals surface area contributed by atoms with Crippen molar-refractivity contribution in [2.45, 2.75) is 33.1 Å². The number of hydrogen-bond donors (Lipinski definition) is 0. The fourth-order valence-corrected chi connectivity index (χ4v) is 4.26. The molecule has 1 aromatic rings. The zero-order valence-corrected chi connectivity index (χ0v) is 14.4. The van der Waals surface area contributed by atoms with Crippen LogP contribution in [0.3, 0.4) is 0 Å². The molecule has 0 aromatic carbocycles. The number of nitrogens with zero attached hydrogens (tertiary/aromatic N) is 2. The minimum Gasteiger partial charge on any atom is -0.469 e. The van der Waals surface area contributed by atoms with Crippen molar-refractivity contribution in [1.82, 2.24) is 9.78 Å². The monoisotopic (exact) mass is 366 g/mol. The van der Waals surface area contributed by atoms with Crippen LogP contribution in [0.2, 0.25) is 0 Å². The number of hydrogen-bond acceptors (Lipinski definition) is 5. The van der Waals surface area contributed by atoms with E-state index in [4.69, 9.17) is 0 Å². The lowest BCUT2D eigenvalue weighted by atomic mass is 10.2. The maximum atomic E-state index is 12.2. The van der Waals surface area contributed by atoms with Crippen LogP contribution in [0.25, 0.3) is 0 Å². The van der Waals surface area contributed by atoms with Crippen molar-refractivity contribution in [2.24, 2.45) is 5.92 Å². The van der Waals surface area contributed by atoms with Gasteiger partial charge in [0.15, 0.2) is 9.84 Å². The van der Waals surface area contributed by atoms with Crippen LogP contribution in [-0.2, 0) is 31.7 Å². The van der Waals surface area contributed by atoms with E-state index < -0.39 is 21.7 Å². The Morgan fingerprint density at radius 2 is 2.10 bits per heavy atom. The standard InChI is InChI=1S/C12H19BrN2O4S/c1-5-15-10(11(13)9(3)14-15)7-20(17,18)6-8(2)12(16)19-4/h8H,5-7H2,1-4H3. The number of carbonyl (C=O) groups excluding carboxylic acids is 1. The topological polar surface area (TPSA) is 78.3 Å². The zero-order chi connectivity index (χ0) is 15.5. The van der Waals surface area contributed by atoms with E-state index in [1.54, 1.807) is 11.6 Å². The Labute approximate surface area is 127 Å². The molecule has 0 aliphatic rings. The summed E-state index contributed by atoms with van der Waals surface area (Å²) in [5, 5.41) is 4.26. The van der Waals surface area contributed by atoms with Crippen molar-refractivity contribution in [2.75, 3.05) is 12.9 Å². The highest BCUT2D eigenvalue weighted by Gasteiger charge is 2.25. The second-order valence-electron chi connectivity index (χ2n) is 4.64. The number of rotatable bonds is 6. The SMILES string of the molecule is CCn1nc(C)c(Br)c1CS(=O)(=O)CC(C)C(=O)OC. The smallest absolute Gasteiger partial charge is 0.309 e. The van der Waals surface area contributed by atoms with E-state index >= 15 is 0 Å². The molecule has 0 saturated carbocycles. The molecule has 1 aromatic heterocycles. The van der Waals surface area contributed by atoms with E-state index in [1.165, 1.54) is 7.11 Å². The first-order valence-electron chi connectivity index (χ1n) is 6.21. The first kappa shape index (κ1) is 17.2. The maximum absolute atomic E-state index is 12.2.